The van der Waals surface area contributed by atoms with Crippen LogP contribution in [0.2, 0.25) is 10.0 Å². The van der Waals surface area contributed by atoms with Gasteiger partial charge in [0.2, 0.25) is 22.2 Å². The lowest BCUT2D eigenvalue weighted by Gasteiger charge is -2.22. The number of nitrogens with one attached hydrogen (secondary N) is 2. The van der Waals surface area contributed by atoms with Gasteiger partial charge in [0.1, 0.15) is 32.2 Å². The van der Waals surface area contributed by atoms with Gasteiger partial charge in [0, 0.05) is 53.4 Å². The average molecular weight is 1030 g/mol. The average Bonchev–Trinajstić information content (AvgIpc) is 3.88. The molecule has 66 heavy (non-hydrogen) atoms. The first-order valence-electron chi connectivity index (χ1n) is 19.8. The SMILES string of the molecule is CCN(CC)c1ccc(N=Nc2nc3c(S(=O)(=O)O)cc(Cl)cc3s2)c(Nc2nc(Nc3cc(N(CC)CC)ccc3N=Nc3nc4c(S(=O)(=O)O)cc(Cl)cc4s3)nc(SCCO)n2)c1. The summed E-state index contributed by atoms with van der Waals surface area (Å²) in [6.45, 7) is 10.8. The van der Waals surface area contributed by atoms with E-state index in [1.54, 1.807) is 12.1 Å². The van der Waals surface area contributed by atoms with Crippen LogP contribution >= 0.6 is 57.6 Å². The number of hydrogen-bond donors (Lipinski definition) is 5. The highest BCUT2D eigenvalue weighted by Crippen LogP contribution is 2.40. The Labute approximate surface area is 400 Å². The number of thioether (sulfide) groups is 1. The maximum Gasteiger partial charge on any atom is 0.296 e. The summed E-state index contributed by atoms with van der Waals surface area (Å²) in [5, 5.41) is 34.5. The normalized spacial score (nSPS) is 12.3. The second kappa shape index (κ2) is 20.7. The van der Waals surface area contributed by atoms with Crippen molar-refractivity contribution in [3.8, 4) is 0 Å². The van der Waals surface area contributed by atoms with E-state index in [-0.39, 0.29) is 60.8 Å². The molecule has 0 bridgehead atoms. The number of anilines is 6. The fourth-order valence-corrected chi connectivity index (χ4v) is 10.9. The molecule has 0 unspecified atom stereocenters. The fourth-order valence-electron chi connectivity index (χ4n) is 6.49. The maximum absolute atomic E-state index is 12.1. The number of hydrogen-bond acceptors (Lipinski definition) is 21. The summed E-state index contributed by atoms with van der Waals surface area (Å²) in [5.41, 5.74) is 3.26. The van der Waals surface area contributed by atoms with E-state index in [1.165, 1.54) is 23.9 Å². The van der Waals surface area contributed by atoms with Crippen LogP contribution in [-0.4, -0.2) is 94.5 Å². The van der Waals surface area contributed by atoms with Crippen molar-refractivity contribution in [2.45, 2.75) is 42.6 Å². The number of aliphatic hydroxyl groups excluding tert-OH is 1. The molecule has 0 aliphatic heterocycles. The summed E-state index contributed by atoms with van der Waals surface area (Å²) >= 11 is 15.5. The van der Waals surface area contributed by atoms with E-state index in [2.05, 4.69) is 60.8 Å². The van der Waals surface area contributed by atoms with Gasteiger partial charge in [-0.25, -0.2) is 9.97 Å². The minimum atomic E-state index is -4.64. The monoisotopic (exact) mass is 1030 g/mol. The number of fused-ring (bicyclic) bond motifs is 2. The molecule has 346 valence electrons. The van der Waals surface area contributed by atoms with Gasteiger partial charge in [-0.1, -0.05) is 57.6 Å². The van der Waals surface area contributed by atoms with Gasteiger partial charge in [0.25, 0.3) is 20.2 Å². The van der Waals surface area contributed by atoms with E-state index in [1.807, 2.05) is 52.0 Å². The number of rotatable bonds is 19. The van der Waals surface area contributed by atoms with Crippen LogP contribution < -0.4 is 20.4 Å². The van der Waals surface area contributed by atoms with Gasteiger partial charge < -0.3 is 25.5 Å². The quantitative estimate of drug-likeness (QED) is 0.0286. The van der Waals surface area contributed by atoms with E-state index in [9.17, 15) is 31.0 Å². The first-order chi connectivity index (χ1) is 31.5. The third-order valence-electron chi connectivity index (χ3n) is 9.52. The second-order valence-corrected chi connectivity index (χ2v) is 20.4. The molecule has 0 fully saturated rings. The van der Waals surface area contributed by atoms with E-state index in [0.29, 0.717) is 58.3 Å². The van der Waals surface area contributed by atoms with Gasteiger partial charge in [0.15, 0.2) is 5.16 Å². The molecule has 0 amide bonds. The zero-order valence-corrected chi connectivity index (χ0v) is 40.8. The number of nitrogens with zero attached hydrogens (tertiary/aromatic N) is 11. The highest BCUT2D eigenvalue weighted by atomic mass is 35.5. The van der Waals surface area contributed by atoms with Crippen molar-refractivity contribution in [2.24, 2.45) is 20.5 Å². The lowest BCUT2D eigenvalue weighted by Crippen LogP contribution is -2.21. The molecule has 0 aliphatic carbocycles. The molecular formula is C39H39Cl2N13O7S5. The number of benzene rings is 4. The third kappa shape index (κ3) is 11.5. The van der Waals surface area contributed by atoms with Crippen molar-refractivity contribution in [3.05, 3.63) is 70.7 Å². The van der Waals surface area contributed by atoms with Crippen LogP contribution in [0.25, 0.3) is 20.4 Å². The molecule has 0 saturated carbocycles. The Morgan fingerprint density at radius 1 is 0.621 bits per heavy atom. The van der Waals surface area contributed by atoms with Gasteiger partial charge in [-0.3, -0.25) is 9.11 Å². The Balaban J connectivity index is 1.28. The molecule has 3 heterocycles. The second-order valence-electron chi connectivity index (χ2n) is 13.7. The summed E-state index contributed by atoms with van der Waals surface area (Å²) in [5.74, 6) is 0.467. The van der Waals surface area contributed by atoms with Crippen molar-refractivity contribution in [3.63, 3.8) is 0 Å². The molecule has 5 N–H and O–H groups in total. The first kappa shape index (κ1) is 48.7. The van der Waals surface area contributed by atoms with Crippen LogP contribution in [0, 0.1) is 0 Å². The summed E-state index contributed by atoms with van der Waals surface area (Å²) in [7, 11) is -9.29. The van der Waals surface area contributed by atoms with Crippen molar-refractivity contribution < 1.29 is 31.0 Å². The largest absolute Gasteiger partial charge is 0.396 e. The molecule has 0 spiro atoms. The zero-order chi connectivity index (χ0) is 47.3. The number of aromatic nitrogens is 5. The summed E-state index contributed by atoms with van der Waals surface area (Å²) < 4.78 is 68.8. The molecule has 0 saturated heterocycles. The van der Waals surface area contributed by atoms with Gasteiger partial charge in [-0.2, -0.15) is 31.8 Å². The predicted molar refractivity (Wildman–Crippen MR) is 261 cm³/mol. The van der Waals surface area contributed by atoms with E-state index < -0.39 is 30.0 Å². The molecule has 20 nitrogen and oxygen atoms in total. The molecular weight excluding hydrogens is 994 g/mol. The summed E-state index contributed by atoms with van der Waals surface area (Å²) in [6.07, 6.45) is 0. The highest BCUT2D eigenvalue weighted by Gasteiger charge is 2.22. The van der Waals surface area contributed by atoms with Crippen molar-refractivity contribution >= 4 is 155 Å². The number of halogens is 2. The maximum atomic E-state index is 12.1. The van der Waals surface area contributed by atoms with Crippen LogP contribution in [0.1, 0.15) is 27.7 Å². The Kier molecular flexibility index (Phi) is 15.3. The number of aliphatic hydroxyl groups is 1. The molecule has 0 aliphatic rings. The molecule has 27 heteroatoms. The molecule has 7 rings (SSSR count). The Morgan fingerprint density at radius 2 is 1.05 bits per heavy atom. The van der Waals surface area contributed by atoms with Crippen molar-refractivity contribution in [2.75, 3.05) is 59.0 Å². The summed E-state index contributed by atoms with van der Waals surface area (Å²) in [4.78, 5) is 26.0. The minimum Gasteiger partial charge on any atom is -0.396 e. The lowest BCUT2D eigenvalue weighted by molar-refractivity contribution is 0.322. The van der Waals surface area contributed by atoms with Crippen LogP contribution in [0.3, 0.4) is 0 Å². The predicted octanol–water partition coefficient (Wildman–Crippen LogP) is 11.0. The van der Waals surface area contributed by atoms with Crippen LogP contribution in [-0.2, 0) is 20.2 Å². The summed E-state index contributed by atoms with van der Waals surface area (Å²) in [6, 6.07) is 16.2. The van der Waals surface area contributed by atoms with E-state index >= 15 is 0 Å². The molecule has 3 aromatic heterocycles. The van der Waals surface area contributed by atoms with E-state index in [4.69, 9.17) is 28.2 Å². The van der Waals surface area contributed by atoms with Crippen LogP contribution in [0.5, 0.6) is 0 Å². The Hall–Kier alpha value is -5.22. The fraction of sp³-hybridized carbons (Fsp3) is 0.256. The minimum absolute atomic E-state index is 0.00200. The Morgan fingerprint density at radius 3 is 1.42 bits per heavy atom. The molecule has 7 aromatic rings. The number of azo groups is 2. The standard InChI is InChI=1S/C39H39Cl2N13O7S5/c1-5-53(6-2)23-9-11-25(49-51-38-44-33-29(63-38)15-21(40)17-31(33)65(56,57)58)27(19-23)42-35-46-36(48-37(47-35)62-14-13-55)43-28-20-24(54(7-3)8-4)10-12-26(28)50-52-39-45-34-30(64-39)16-22(41)18-32(34)66(59,60)61/h9-12,15-20,55H,5-8,13-14H2,1-4H3,(H,56,57,58)(H,59,60,61)(H2,42,43,46,47,48). The Bertz CT molecular complexity index is 3020. The van der Waals surface area contributed by atoms with Crippen molar-refractivity contribution in [1.29, 1.82) is 0 Å². The van der Waals surface area contributed by atoms with Gasteiger partial charge in [-0.05, 0) is 88.4 Å². The molecule has 4 aromatic carbocycles. The van der Waals surface area contributed by atoms with Crippen LogP contribution in [0.4, 0.5) is 56.3 Å². The lowest BCUT2D eigenvalue weighted by atomic mass is 10.2. The van der Waals surface area contributed by atoms with Crippen LogP contribution in [0.15, 0.2) is 96.1 Å². The molecule has 0 atom stereocenters. The zero-order valence-electron chi connectivity index (χ0n) is 35.2. The van der Waals surface area contributed by atoms with Gasteiger partial charge in [-0.15, -0.1) is 20.5 Å². The number of thiazole rings is 2. The molecule has 0 radical (unpaired) electrons. The van der Waals surface area contributed by atoms with Gasteiger partial charge in [0.05, 0.1) is 27.4 Å². The highest BCUT2D eigenvalue weighted by molar-refractivity contribution is 7.99. The topological polar surface area (TPSA) is 273 Å². The first-order valence-corrected chi connectivity index (χ1v) is 26.1. The smallest absolute Gasteiger partial charge is 0.296 e. The van der Waals surface area contributed by atoms with E-state index in [0.717, 1.165) is 46.2 Å². The van der Waals surface area contributed by atoms with Crippen molar-refractivity contribution in [1.82, 2.24) is 24.9 Å². The third-order valence-corrected chi connectivity index (χ3v) is 14.3. The van der Waals surface area contributed by atoms with Gasteiger partial charge >= 0.3 is 0 Å².